The number of methoxy groups -OCH3 is 1. The Balaban J connectivity index is 2.06. The highest BCUT2D eigenvalue weighted by Crippen LogP contribution is 2.38. The van der Waals surface area contributed by atoms with Crippen LogP contribution in [0.4, 0.5) is 0 Å². The molecule has 2 rings (SSSR count). The SMILES string of the molecule is CCNC1CC(Oc2cc(Br)c(OC)cc2Br)C1OCC. The van der Waals surface area contributed by atoms with Crippen molar-refractivity contribution < 1.29 is 14.2 Å². The van der Waals surface area contributed by atoms with Gasteiger partial charge in [-0.2, -0.15) is 0 Å². The molecule has 0 bridgehead atoms. The van der Waals surface area contributed by atoms with Gasteiger partial charge >= 0.3 is 0 Å². The van der Waals surface area contributed by atoms with Crippen LogP contribution in [0.1, 0.15) is 20.3 Å². The third-order valence-electron chi connectivity index (χ3n) is 3.56. The molecule has 0 radical (unpaired) electrons. The Kier molecular flexibility index (Phi) is 6.34. The van der Waals surface area contributed by atoms with Crippen LogP contribution in [0.5, 0.6) is 11.5 Å². The highest BCUT2D eigenvalue weighted by Gasteiger charge is 2.43. The van der Waals surface area contributed by atoms with Crippen LogP contribution in [0.25, 0.3) is 0 Å². The normalized spacial score (nSPS) is 24.5. The van der Waals surface area contributed by atoms with Gasteiger partial charge in [-0.05, 0) is 57.5 Å². The maximum absolute atomic E-state index is 6.11. The Morgan fingerprint density at radius 1 is 1.19 bits per heavy atom. The number of ether oxygens (including phenoxy) is 3. The third-order valence-corrected chi connectivity index (χ3v) is 4.80. The number of nitrogens with one attached hydrogen (secondary N) is 1. The van der Waals surface area contributed by atoms with E-state index in [9.17, 15) is 0 Å². The molecule has 0 aromatic heterocycles. The average Bonchev–Trinajstić information content (AvgIpc) is 2.46. The maximum atomic E-state index is 6.11. The lowest BCUT2D eigenvalue weighted by molar-refractivity contribution is -0.104. The summed E-state index contributed by atoms with van der Waals surface area (Å²) in [7, 11) is 1.64. The number of hydrogen-bond donors (Lipinski definition) is 1. The van der Waals surface area contributed by atoms with E-state index in [4.69, 9.17) is 14.2 Å². The van der Waals surface area contributed by atoms with E-state index >= 15 is 0 Å². The molecule has 1 aliphatic carbocycles. The summed E-state index contributed by atoms with van der Waals surface area (Å²) in [6.07, 6.45) is 1.13. The van der Waals surface area contributed by atoms with Gasteiger partial charge in [-0.15, -0.1) is 0 Å². The molecule has 1 fully saturated rings. The Labute approximate surface area is 142 Å². The van der Waals surface area contributed by atoms with Crippen LogP contribution in [0.3, 0.4) is 0 Å². The minimum atomic E-state index is 0.0746. The van der Waals surface area contributed by atoms with Gasteiger partial charge in [0.15, 0.2) is 0 Å². The van der Waals surface area contributed by atoms with Gasteiger partial charge in [0, 0.05) is 19.1 Å². The largest absolute Gasteiger partial charge is 0.496 e. The van der Waals surface area contributed by atoms with E-state index in [2.05, 4.69) is 44.1 Å². The van der Waals surface area contributed by atoms with E-state index < -0.39 is 0 Å². The Morgan fingerprint density at radius 2 is 1.86 bits per heavy atom. The molecule has 4 nitrogen and oxygen atoms in total. The highest BCUT2D eigenvalue weighted by molar-refractivity contribution is 9.11. The van der Waals surface area contributed by atoms with Crippen LogP contribution in [0.2, 0.25) is 0 Å². The molecule has 6 heteroatoms. The number of halogens is 2. The molecule has 1 N–H and O–H groups in total. The van der Waals surface area contributed by atoms with E-state index in [1.165, 1.54) is 0 Å². The number of likely N-dealkylation sites (N-methyl/N-ethyl adjacent to an activating group) is 1. The van der Waals surface area contributed by atoms with Gasteiger partial charge in [0.2, 0.25) is 0 Å². The minimum absolute atomic E-state index is 0.0746. The third kappa shape index (κ3) is 3.92. The fourth-order valence-corrected chi connectivity index (χ4v) is 3.39. The first-order valence-electron chi connectivity index (χ1n) is 7.15. The lowest BCUT2D eigenvalue weighted by Crippen LogP contribution is -2.61. The first-order chi connectivity index (χ1) is 10.1. The van der Waals surface area contributed by atoms with Crippen LogP contribution in [-0.2, 0) is 4.74 Å². The summed E-state index contributed by atoms with van der Waals surface area (Å²) in [6.45, 7) is 5.76. The van der Waals surface area contributed by atoms with Gasteiger partial charge in [-0.3, -0.25) is 0 Å². The molecule has 3 unspecified atom stereocenters. The zero-order valence-corrected chi connectivity index (χ0v) is 15.7. The van der Waals surface area contributed by atoms with E-state index in [1.54, 1.807) is 7.11 Å². The second-order valence-electron chi connectivity index (χ2n) is 4.89. The summed E-state index contributed by atoms with van der Waals surface area (Å²) in [5.41, 5.74) is 0. The van der Waals surface area contributed by atoms with Crippen LogP contribution in [-0.4, -0.2) is 38.5 Å². The molecule has 0 aliphatic heterocycles. The number of hydrogen-bond acceptors (Lipinski definition) is 4. The topological polar surface area (TPSA) is 39.7 Å². The molecule has 0 spiro atoms. The summed E-state index contributed by atoms with van der Waals surface area (Å²) in [6, 6.07) is 4.20. The van der Waals surface area contributed by atoms with Crippen LogP contribution < -0.4 is 14.8 Å². The van der Waals surface area contributed by atoms with Crippen molar-refractivity contribution in [3.63, 3.8) is 0 Å². The Bertz CT molecular complexity index is 484. The van der Waals surface area contributed by atoms with Crippen molar-refractivity contribution in [2.24, 2.45) is 0 Å². The lowest BCUT2D eigenvalue weighted by Gasteiger charge is -2.44. The van der Waals surface area contributed by atoms with Crippen molar-refractivity contribution in [1.82, 2.24) is 5.32 Å². The van der Waals surface area contributed by atoms with Gasteiger partial charge in [-0.25, -0.2) is 0 Å². The quantitative estimate of drug-likeness (QED) is 0.726. The summed E-state index contributed by atoms with van der Waals surface area (Å²) in [4.78, 5) is 0. The first kappa shape index (κ1) is 17.1. The molecular formula is C15H21Br2NO3. The summed E-state index contributed by atoms with van der Waals surface area (Å²) < 4.78 is 18.9. The molecule has 0 amide bonds. The van der Waals surface area contributed by atoms with Crippen molar-refractivity contribution in [2.45, 2.75) is 38.5 Å². The molecule has 0 saturated heterocycles. The Morgan fingerprint density at radius 3 is 2.48 bits per heavy atom. The molecule has 118 valence electrons. The van der Waals surface area contributed by atoms with Crippen molar-refractivity contribution in [1.29, 1.82) is 0 Å². The van der Waals surface area contributed by atoms with E-state index in [0.29, 0.717) is 12.6 Å². The van der Waals surface area contributed by atoms with Crippen LogP contribution in [0.15, 0.2) is 21.1 Å². The van der Waals surface area contributed by atoms with Gasteiger partial charge in [0.1, 0.15) is 23.7 Å². The van der Waals surface area contributed by atoms with Gasteiger partial charge in [0.05, 0.1) is 16.1 Å². The lowest BCUT2D eigenvalue weighted by atomic mass is 9.85. The van der Waals surface area contributed by atoms with Crippen LogP contribution >= 0.6 is 31.9 Å². The predicted molar refractivity (Wildman–Crippen MR) is 90.3 cm³/mol. The molecule has 1 aliphatic rings. The monoisotopic (exact) mass is 421 g/mol. The standard InChI is InChI=1S/C15H21Br2NO3/c1-4-18-11-8-14(15(11)20-5-2)21-13-7-9(16)12(19-3)6-10(13)17/h6-7,11,14-15,18H,4-5,8H2,1-3H3. The maximum Gasteiger partial charge on any atom is 0.135 e. The fourth-order valence-electron chi connectivity index (χ4n) is 2.49. The molecular weight excluding hydrogens is 402 g/mol. The zero-order valence-electron chi connectivity index (χ0n) is 12.5. The molecule has 1 saturated carbocycles. The smallest absolute Gasteiger partial charge is 0.135 e. The van der Waals surface area contributed by atoms with E-state index in [1.807, 2.05) is 19.1 Å². The fraction of sp³-hybridized carbons (Fsp3) is 0.600. The van der Waals surface area contributed by atoms with E-state index in [-0.39, 0.29) is 12.2 Å². The second kappa shape index (κ2) is 7.81. The second-order valence-corrected chi connectivity index (χ2v) is 6.60. The number of benzene rings is 1. The number of rotatable bonds is 7. The van der Waals surface area contributed by atoms with Gasteiger partial charge in [-0.1, -0.05) is 6.92 Å². The molecule has 1 aromatic rings. The zero-order chi connectivity index (χ0) is 15.4. The molecule has 1 aromatic carbocycles. The van der Waals surface area contributed by atoms with Gasteiger partial charge in [0.25, 0.3) is 0 Å². The van der Waals surface area contributed by atoms with Crippen LogP contribution in [0, 0.1) is 0 Å². The summed E-state index contributed by atoms with van der Waals surface area (Å²) >= 11 is 7.01. The van der Waals surface area contributed by atoms with Crippen molar-refractivity contribution >= 4 is 31.9 Å². The Hall–Kier alpha value is -0.300. The van der Waals surface area contributed by atoms with Crippen molar-refractivity contribution in [3.8, 4) is 11.5 Å². The average molecular weight is 423 g/mol. The summed E-state index contributed by atoms with van der Waals surface area (Å²) in [5.74, 6) is 1.57. The van der Waals surface area contributed by atoms with Crippen molar-refractivity contribution in [2.75, 3.05) is 20.3 Å². The molecule has 3 atom stereocenters. The van der Waals surface area contributed by atoms with E-state index in [0.717, 1.165) is 33.4 Å². The van der Waals surface area contributed by atoms with Gasteiger partial charge < -0.3 is 19.5 Å². The highest BCUT2D eigenvalue weighted by atomic mass is 79.9. The predicted octanol–water partition coefficient (Wildman–Crippen LogP) is 3.75. The molecule has 21 heavy (non-hydrogen) atoms. The summed E-state index contributed by atoms with van der Waals surface area (Å²) in [5, 5.41) is 3.43. The van der Waals surface area contributed by atoms with Crippen molar-refractivity contribution in [3.05, 3.63) is 21.1 Å². The minimum Gasteiger partial charge on any atom is -0.496 e. The first-order valence-corrected chi connectivity index (χ1v) is 8.73. The molecule has 0 heterocycles.